The van der Waals surface area contributed by atoms with Gasteiger partial charge in [-0.25, -0.2) is 4.98 Å². The summed E-state index contributed by atoms with van der Waals surface area (Å²) < 4.78 is 1.84. The first-order valence-electron chi connectivity index (χ1n) is 7.91. The molecule has 0 saturated carbocycles. The molecule has 0 bridgehead atoms. The molecule has 9 heteroatoms. The molecule has 3 rings (SSSR count). The molecule has 136 valence electrons. The molecule has 6 nitrogen and oxygen atoms in total. The van der Waals surface area contributed by atoms with Gasteiger partial charge in [-0.2, -0.15) is 0 Å². The molecule has 1 amide bonds. The number of nitrogens with zero attached hydrogens (tertiary/aromatic N) is 4. The molecule has 1 atom stereocenters. The van der Waals surface area contributed by atoms with E-state index in [-0.39, 0.29) is 17.7 Å². The molecular weight excluding hydrogens is 393 g/mol. The van der Waals surface area contributed by atoms with Gasteiger partial charge in [0.25, 0.3) is 5.78 Å². The van der Waals surface area contributed by atoms with Gasteiger partial charge in [-0.3, -0.25) is 9.20 Å². The SMILES string of the molecule is Cc1cc(C)n2c(SCC(=O)N[C@@H](C)c3ccc(Cl)c(Cl)c3)nnc2n1. The highest BCUT2D eigenvalue weighted by Crippen LogP contribution is 2.25. The fraction of sp³-hybridized carbons (Fsp3) is 0.294. The molecule has 3 aromatic rings. The van der Waals surface area contributed by atoms with Crippen LogP contribution in [0.1, 0.15) is 29.9 Å². The number of nitrogens with one attached hydrogen (secondary N) is 1. The van der Waals surface area contributed by atoms with Gasteiger partial charge in [0.05, 0.1) is 21.8 Å². The van der Waals surface area contributed by atoms with Crippen LogP contribution in [0.5, 0.6) is 0 Å². The van der Waals surface area contributed by atoms with Crippen molar-refractivity contribution in [1.82, 2.24) is 24.9 Å². The molecular formula is C17H17Cl2N5OS. The van der Waals surface area contributed by atoms with Gasteiger partial charge in [0, 0.05) is 11.4 Å². The lowest BCUT2D eigenvalue weighted by Gasteiger charge is -2.14. The average Bonchev–Trinajstić information content (AvgIpc) is 2.98. The number of benzene rings is 1. The van der Waals surface area contributed by atoms with Crippen LogP contribution in [0.4, 0.5) is 0 Å². The fourth-order valence-corrected chi connectivity index (χ4v) is 3.68. The third-order valence-corrected chi connectivity index (χ3v) is 5.48. The molecule has 0 spiro atoms. The Morgan fingerprint density at radius 3 is 2.73 bits per heavy atom. The van der Waals surface area contributed by atoms with Crippen LogP contribution in [0.25, 0.3) is 5.78 Å². The Hall–Kier alpha value is -1.83. The standard InChI is InChI=1S/C17H17Cl2N5OS/c1-9-6-10(2)24-16(20-9)22-23-17(24)26-8-15(25)21-11(3)12-4-5-13(18)14(19)7-12/h4-7,11H,8H2,1-3H3,(H,21,25)/t11-/m0/s1. The van der Waals surface area contributed by atoms with Gasteiger partial charge in [-0.15, -0.1) is 10.2 Å². The quantitative estimate of drug-likeness (QED) is 0.644. The maximum absolute atomic E-state index is 12.3. The van der Waals surface area contributed by atoms with Crippen molar-refractivity contribution in [1.29, 1.82) is 0 Å². The Labute approximate surface area is 165 Å². The first-order valence-corrected chi connectivity index (χ1v) is 9.66. The second-order valence-electron chi connectivity index (χ2n) is 5.91. The van der Waals surface area contributed by atoms with Crippen LogP contribution in [-0.4, -0.2) is 31.2 Å². The van der Waals surface area contributed by atoms with Crippen molar-refractivity contribution in [2.24, 2.45) is 0 Å². The molecule has 2 heterocycles. The summed E-state index contributed by atoms with van der Waals surface area (Å²) in [5, 5.41) is 12.7. The van der Waals surface area contributed by atoms with Crippen molar-refractivity contribution in [3.05, 3.63) is 51.3 Å². The number of carbonyl (C=O) groups excluding carboxylic acids is 1. The third-order valence-electron chi connectivity index (χ3n) is 3.82. The minimum Gasteiger partial charge on any atom is -0.349 e. The highest BCUT2D eigenvalue weighted by atomic mass is 35.5. The maximum atomic E-state index is 12.3. The van der Waals surface area contributed by atoms with Gasteiger partial charge in [0.1, 0.15) is 0 Å². The summed E-state index contributed by atoms with van der Waals surface area (Å²) in [5.41, 5.74) is 2.75. The Morgan fingerprint density at radius 2 is 2.00 bits per heavy atom. The van der Waals surface area contributed by atoms with E-state index >= 15 is 0 Å². The van der Waals surface area contributed by atoms with Crippen molar-refractivity contribution in [3.8, 4) is 0 Å². The third kappa shape index (κ3) is 4.11. The molecule has 0 aliphatic rings. The molecule has 0 unspecified atom stereocenters. The zero-order valence-electron chi connectivity index (χ0n) is 14.5. The lowest BCUT2D eigenvalue weighted by Crippen LogP contribution is -2.28. The minimum absolute atomic E-state index is 0.108. The maximum Gasteiger partial charge on any atom is 0.256 e. The van der Waals surface area contributed by atoms with E-state index in [1.807, 2.05) is 37.3 Å². The van der Waals surface area contributed by atoms with Crippen molar-refractivity contribution >= 4 is 46.6 Å². The van der Waals surface area contributed by atoms with Crippen LogP contribution in [0.3, 0.4) is 0 Å². The van der Waals surface area contributed by atoms with E-state index in [4.69, 9.17) is 23.2 Å². The summed E-state index contributed by atoms with van der Waals surface area (Å²) in [4.78, 5) is 16.6. The van der Waals surface area contributed by atoms with E-state index < -0.39 is 0 Å². The van der Waals surface area contributed by atoms with Crippen molar-refractivity contribution in [2.45, 2.75) is 32.0 Å². The average molecular weight is 410 g/mol. The van der Waals surface area contributed by atoms with Crippen LogP contribution >= 0.6 is 35.0 Å². The number of hydrogen-bond donors (Lipinski definition) is 1. The monoisotopic (exact) mass is 409 g/mol. The second kappa shape index (κ2) is 7.82. The van der Waals surface area contributed by atoms with Crippen LogP contribution in [0, 0.1) is 13.8 Å². The number of fused-ring (bicyclic) bond motifs is 1. The van der Waals surface area contributed by atoms with E-state index in [0.29, 0.717) is 21.0 Å². The van der Waals surface area contributed by atoms with E-state index in [0.717, 1.165) is 17.0 Å². The van der Waals surface area contributed by atoms with Crippen LogP contribution in [-0.2, 0) is 4.79 Å². The van der Waals surface area contributed by atoms with E-state index in [1.54, 1.807) is 12.1 Å². The predicted octanol–water partition coefficient (Wildman–Crippen LogP) is 4.02. The molecule has 0 saturated heterocycles. The Morgan fingerprint density at radius 1 is 1.23 bits per heavy atom. The van der Waals surface area contributed by atoms with E-state index in [1.165, 1.54) is 11.8 Å². The zero-order valence-corrected chi connectivity index (χ0v) is 16.8. The minimum atomic E-state index is -0.181. The van der Waals surface area contributed by atoms with Gasteiger partial charge in [0.2, 0.25) is 5.91 Å². The summed E-state index contributed by atoms with van der Waals surface area (Å²) in [6.45, 7) is 5.76. The second-order valence-corrected chi connectivity index (χ2v) is 7.67. The molecule has 1 N–H and O–H groups in total. The largest absolute Gasteiger partial charge is 0.349 e. The molecule has 1 aromatic carbocycles. The highest BCUT2D eigenvalue weighted by molar-refractivity contribution is 7.99. The summed E-state index contributed by atoms with van der Waals surface area (Å²) >= 11 is 13.3. The first-order chi connectivity index (χ1) is 12.3. The van der Waals surface area contributed by atoms with Gasteiger partial charge < -0.3 is 5.32 Å². The number of rotatable bonds is 5. The highest BCUT2D eigenvalue weighted by Gasteiger charge is 2.15. The lowest BCUT2D eigenvalue weighted by molar-refractivity contribution is -0.119. The molecule has 2 aromatic heterocycles. The molecule has 26 heavy (non-hydrogen) atoms. The molecule has 0 radical (unpaired) electrons. The predicted molar refractivity (Wildman–Crippen MR) is 104 cm³/mol. The van der Waals surface area contributed by atoms with Crippen LogP contribution in [0.2, 0.25) is 10.0 Å². The Kier molecular flexibility index (Phi) is 5.70. The lowest BCUT2D eigenvalue weighted by atomic mass is 10.1. The van der Waals surface area contributed by atoms with Crippen molar-refractivity contribution < 1.29 is 4.79 Å². The van der Waals surface area contributed by atoms with E-state index in [2.05, 4.69) is 20.5 Å². The van der Waals surface area contributed by atoms with Gasteiger partial charge in [0.15, 0.2) is 5.16 Å². The number of aryl methyl sites for hydroxylation is 2. The van der Waals surface area contributed by atoms with Gasteiger partial charge >= 0.3 is 0 Å². The Balaban J connectivity index is 1.65. The van der Waals surface area contributed by atoms with Crippen LogP contribution in [0.15, 0.2) is 29.4 Å². The van der Waals surface area contributed by atoms with Crippen molar-refractivity contribution in [3.63, 3.8) is 0 Å². The molecule has 0 aliphatic heterocycles. The van der Waals surface area contributed by atoms with Crippen LogP contribution < -0.4 is 5.32 Å². The number of aromatic nitrogens is 4. The number of halogens is 2. The summed E-state index contributed by atoms with van der Waals surface area (Å²) in [5.74, 6) is 0.650. The fourth-order valence-electron chi connectivity index (χ4n) is 2.57. The smallest absolute Gasteiger partial charge is 0.256 e. The van der Waals surface area contributed by atoms with Gasteiger partial charge in [-0.1, -0.05) is 41.0 Å². The summed E-state index contributed by atoms with van der Waals surface area (Å²) in [6, 6.07) is 7.09. The van der Waals surface area contributed by atoms with Gasteiger partial charge in [-0.05, 0) is 44.5 Å². The number of amides is 1. The summed E-state index contributed by atoms with van der Waals surface area (Å²) in [6.07, 6.45) is 0. The van der Waals surface area contributed by atoms with E-state index in [9.17, 15) is 4.79 Å². The Bertz CT molecular complexity index is 975. The number of thioether (sulfide) groups is 1. The number of carbonyl (C=O) groups is 1. The zero-order chi connectivity index (χ0) is 18.8. The topological polar surface area (TPSA) is 72.2 Å². The normalized spacial score (nSPS) is 12.3. The first kappa shape index (κ1) is 18.9. The number of hydrogen-bond acceptors (Lipinski definition) is 5. The molecule has 0 aliphatic carbocycles. The van der Waals surface area contributed by atoms with Crippen molar-refractivity contribution in [2.75, 3.05) is 5.75 Å². The molecule has 0 fully saturated rings. The summed E-state index contributed by atoms with van der Waals surface area (Å²) in [7, 11) is 0.